The fourth-order valence-electron chi connectivity index (χ4n) is 1.25. The van der Waals surface area contributed by atoms with Gasteiger partial charge < -0.3 is 5.32 Å². The van der Waals surface area contributed by atoms with Gasteiger partial charge in [0.2, 0.25) is 0 Å². The van der Waals surface area contributed by atoms with Crippen LogP contribution in [0.25, 0.3) is 6.08 Å². The second kappa shape index (κ2) is 6.72. The molecule has 0 radical (unpaired) electrons. The van der Waals surface area contributed by atoms with Crippen molar-refractivity contribution >= 4 is 23.6 Å². The Morgan fingerprint density at radius 2 is 2.35 bits per heavy atom. The summed E-state index contributed by atoms with van der Waals surface area (Å²) in [5.41, 5.74) is 0.821. The lowest BCUT2D eigenvalue weighted by molar-refractivity contribution is -0.117. The molecular weight excluding hydrogens is 236 g/mol. The van der Waals surface area contributed by atoms with Crippen molar-refractivity contribution in [1.29, 1.82) is 5.26 Å². The van der Waals surface area contributed by atoms with Crippen molar-refractivity contribution in [3.63, 3.8) is 0 Å². The zero-order chi connectivity index (χ0) is 12.7. The van der Waals surface area contributed by atoms with Crippen molar-refractivity contribution in [1.82, 2.24) is 5.32 Å². The van der Waals surface area contributed by atoms with Gasteiger partial charge in [-0.1, -0.05) is 30.7 Å². The largest absolute Gasteiger partial charge is 0.351 e. The minimum Gasteiger partial charge on any atom is -0.351 e. The van der Waals surface area contributed by atoms with Crippen LogP contribution in [0.4, 0.5) is 0 Å². The van der Waals surface area contributed by atoms with E-state index >= 15 is 0 Å². The quantitative estimate of drug-likeness (QED) is 0.658. The number of benzene rings is 1. The number of nitriles is 1. The van der Waals surface area contributed by atoms with Gasteiger partial charge in [-0.15, -0.1) is 0 Å². The average molecular weight is 249 g/mol. The van der Waals surface area contributed by atoms with Gasteiger partial charge in [0.1, 0.15) is 11.6 Å². The fraction of sp³-hybridized carbons (Fsp3) is 0.231. The minimum atomic E-state index is -0.352. The Morgan fingerprint density at radius 3 is 2.94 bits per heavy atom. The molecule has 0 atom stereocenters. The second-order valence-corrected chi connectivity index (χ2v) is 3.92. The number of carbonyl (C=O) groups excluding carboxylic acids is 1. The van der Waals surface area contributed by atoms with Crippen molar-refractivity contribution in [2.75, 3.05) is 6.54 Å². The predicted octanol–water partition coefficient (Wildman–Crippen LogP) is 2.77. The van der Waals surface area contributed by atoms with E-state index in [1.54, 1.807) is 24.3 Å². The van der Waals surface area contributed by atoms with Crippen LogP contribution in [0.15, 0.2) is 29.8 Å². The van der Waals surface area contributed by atoms with Crippen molar-refractivity contribution in [2.24, 2.45) is 0 Å². The van der Waals surface area contributed by atoms with E-state index in [-0.39, 0.29) is 11.5 Å². The van der Waals surface area contributed by atoms with E-state index in [2.05, 4.69) is 5.32 Å². The molecular formula is C13H13ClN2O. The number of hydrogen-bond acceptors (Lipinski definition) is 2. The summed E-state index contributed by atoms with van der Waals surface area (Å²) in [6.07, 6.45) is 2.36. The zero-order valence-corrected chi connectivity index (χ0v) is 10.3. The highest BCUT2D eigenvalue weighted by Crippen LogP contribution is 2.13. The summed E-state index contributed by atoms with van der Waals surface area (Å²) in [7, 11) is 0. The molecule has 0 aliphatic heterocycles. The third kappa shape index (κ3) is 4.29. The average Bonchev–Trinajstić information content (AvgIpc) is 2.33. The molecule has 3 nitrogen and oxygen atoms in total. The first kappa shape index (κ1) is 13.3. The van der Waals surface area contributed by atoms with Crippen LogP contribution in [-0.4, -0.2) is 12.5 Å². The number of nitrogens with one attached hydrogen (secondary N) is 1. The lowest BCUT2D eigenvalue weighted by Gasteiger charge is -2.01. The van der Waals surface area contributed by atoms with Crippen LogP contribution in [0.3, 0.4) is 0 Å². The molecule has 1 aromatic rings. The van der Waals surface area contributed by atoms with E-state index in [9.17, 15) is 4.79 Å². The summed E-state index contributed by atoms with van der Waals surface area (Å²) >= 11 is 5.82. The number of hydrogen-bond donors (Lipinski definition) is 1. The molecule has 0 aliphatic rings. The van der Waals surface area contributed by atoms with Crippen LogP contribution in [0.2, 0.25) is 5.02 Å². The molecule has 4 heteroatoms. The van der Waals surface area contributed by atoms with Gasteiger partial charge in [0, 0.05) is 11.6 Å². The van der Waals surface area contributed by atoms with E-state index in [0.29, 0.717) is 11.6 Å². The molecule has 0 aliphatic carbocycles. The summed E-state index contributed by atoms with van der Waals surface area (Å²) in [6, 6.07) is 8.88. The van der Waals surface area contributed by atoms with Gasteiger partial charge in [-0.3, -0.25) is 4.79 Å². The number of halogens is 1. The molecule has 0 saturated carbocycles. The Balaban J connectivity index is 2.87. The van der Waals surface area contributed by atoms with Crippen LogP contribution in [0.1, 0.15) is 18.9 Å². The third-order valence-corrected chi connectivity index (χ3v) is 2.30. The van der Waals surface area contributed by atoms with Gasteiger partial charge in [-0.05, 0) is 30.2 Å². The van der Waals surface area contributed by atoms with Crippen LogP contribution >= 0.6 is 11.6 Å². The Labute approximate surface area is 106 Å². The molecule has 0 heterocycles. The molecule has 0 unspecified atom stereocenters. The standard InChI is InChI=1S/C13H13ClN2O/c1-2-6-16-13(17)11(9-15)7-10-4-3-5-12(14)8-10/h3-5,7-8H,2,6H2,1H3,(H,16,17). The number of rotatable bonds is 4. The normalized spacial score (nSPS) is 10.8. The Hall–Kier alpha value is -1.79. The summed E-state index contributed by atoms with van der Waals surface area (Å²) in [6.45, 7) is 2.51. The lowest BCUT2D eigenvalue weighted by Crippen LogP contribution is -2.25. The molecule has 17 heavy (non-hydrogen) atoms. The third-order valence-electron chi connectivity index (χ3n) is 2.06. The molecule has 0 fully saturated rings. The molecule has 0 aromatic heterocycles. The van der Waals surface area contributed by atoms with E-state index < -0.39 is 0 Å². The summed E-state index contributed by atoms with van der Waals surface area (Å²) < 4.78 is 0. The minimum absolute atomic E-state index is 0.0840. The zero-order valence-electron chi connectivity index (χ0n) is 9.53. The topological polar surface area (TPSA) is 52.9 Å². The van der Waals surface area contributed by atoms with Gasteiger partial charge >= 0.3 is 0 Å². The molecule has 0 bridgehead atoms. The summed E-state index contributed by atoms with van der Waals surface area (Å²) in [5.74, 6) is -0.352. The maximum atomic E-state index is 11.6. The van der Waals surface area contributed by atoms with Gasteiger partial charge in [0.15, 0.2) is 0 Å². The highest BCUT2D eigenvalue weighted by molar-refractivity contribution is 6.30. The highest BCUT2D eigenvalue weighted by Gasteiger charge is 2.07. The second-order valence-electron chi connectivity index (χ2n) is 3.48. The molecule has 88 valence electrons. The molecule has 1 amide bonds. The fourth-order valence-corrected chi connectivity index (χ4v) is 1.44. The van der Waals surface area contributed by atoms with E-state index in [1.807, 2.05) is 13.0 Å². The first-order valence-electron chi connectivity index (χ1n) is 5.33. The summed E-state index contributed by atoms with van der Waals surface area (Å²) in [4.78, 5) is 11.6. The van der Waals surface area contributed by atoms with Crippen LogP contribution in [0.5, 0.6) is 0 Å². The first-order chi connectivity index (χ1) is 8.17. The van der Waals surface area contributed by atoms with Crippen LogP contribution in [-0.2, 0) is 4.79 Å². The molecule has 0 spiro atoms. The Kier molecular flexibility index (Phi) is 5.25. The van der Waals surface area contributed by atoms with Crippen molar-refractivity contribution in [3.8, 4) is 6.07 Å². The van der Waals surface area contributed by atoms with Gasteiger partial charge in [0.05, 0.1) is 0 Å². The number of nitrogens with zero attached hydrogens (tertiary/aromatic N) is 1. The van der Waals surface area contributed by atoms with Crippen molar-refractivity contribution < 1.29 is 4.79 Å². The maximum absolute atomic E-state index is 11.6. The molecule has 1 aromatic carbocycles. The predicted molar refractivity (Wildman–Crippen MR) is 68.3 cm³/mol. The number of amides is 1. The van der Waals surface area contributed by atoms with Gasteiger partial charge in [-0.25, -0.2) is 0 Å². The molecule has 0 saturated heterocycles. The van der Waals surface area contributed by atoms with Gasteiger partial charge in [0.25, 0.3) is 5.91 Å². The molecule has 1 rings (SSSR count). The first-order valence-corrected chi connectivity index (χ1v) is 5.70. The van der Waals surface area contributed by atoms with E-state index in [0.717, 1.165) is 12.0 Å². The van der Waals surface area contributed by atoms with Crippen molar-refractivity contribution in [2.45, 2.75) is 13.3 Å². The van der Waals surface area contributed by atoms with Crippen LogP contribution in [0, 0.1) is 11.3 Å². The monoisotopic (exact) mass is 248 g/mol. The Morgan fingerprint density at radius 1 is 1.59 bits per heavy atom. The van der Waals surface area contributed by atoms with Gasteiger partial charge in [-0.2, -0.15) is 5.26 Å². The van der Waals surface area contributed by atoms with E-state index in [4.69, 9.17) is 16.9 Å². The van der Waals surface area contributed by atoms with Crippen molar-refractivity contribution in [3.05, 3.63) is 40.4 Å². The van der Waals surface area contributed by atoms with Crippen LogP contribution < -0.4 is 5.32 Å². The number of carbonyl (C=O) groups is 1. The smallest absolute Gasteiger partial charge is 0.261 e. The maximum Gasteiger partial charge on any atom is 0.261 e. The summed E-state index contributed by atoms with van der Waals surface area (Å²) in [5, 5.41) is 12.1. The highest BCUT2D eigenvalue weighted by atomic mass is 35.5. The SMILES string of the molecule is CCCNC(=O)C(C#N)=Cc1cccc(Cl)c1. The van der Waals surface area contributed by atoms with E-state index in [1.165, 1.54) is 6.08 Å². The lowest BCUT2D eigenvalue weighted by atomic mass is 10.1. The Bertz CT molecular complexity index is 475. The molecule has 1 N–H and O–H groups in total.